The van der Waals surface area contributed by atoms with Crippen LogP contribution < -0.4 is 0 Å². The lowest BCUT2D eigenvalue weighted by Gasteiger charge is -2.22. The lowest BCUT2D eigenvalue weighted by atomic mass is 9.90. The molecule has 1 atom stereocenters. The summed E-state index contributed by atoms with van der Waals surface area (Å²) in [6.45, 7) is 7.10. The van der Waals surface area contributed by atoms with Crippen LogP contribution in [0, 0.1) is 20.8 Å². The number of ketones is 1. The molecule has 3 rings (SSSR count). The standard InChI is InChI=1S/C17H20O2/c1-10-7-11(2)16(12(3)8-10)17-13-5-4-6-19-15(13)9-14(17)18/h7-8,15H,4-6,9H2,1-3H3. The highest BCUT2D eigenvalue weighted by molar-refractivity contribution is 6.25. The molecule has 1 fully saturated rings. The van der Waals surface area contributed by atoms with E-state index in [-0.39, 0.29) is 11.9 Å². The van der Waals surface area contributed by atoms with E-state index in [0.29, 0.717) is 6.42 Å². The fourth-order valence-electron chi connectivity index (χ4n) is 3.54. The van der Waals surface area contributed by atoms with Crippen molar-refractivity contribution in [2.24, 2.45) is 0 Å². The summed E-state index contributed by atoms with van der Waals surface area (Å²) in [5.74, 6) is 0.261. The van der Waals surface area contributed by atoms with Gasteiger partial charge >= 0.3 is 0 Å². The zero-order chi connectivity index (χ0) is 13.6. The topological polar surface area (TPSA) is 26.3 Å². The molecule has 2 heteroatoms. The monoisotopic (exact) mass is 256 g/mol. The van der Waals surface area contributed by atoms with E-state index in [1.54, 1.807) is 0 Å². The van der Waals surface area contributed by atoms with E-state index in [0.717, 1.165) is 30.6 Å². The first-order valence-corrected chi connectivity index (χ1v) is 7.04. The summed E-state index contributed by atoms with van der Waals surface area (Å²) in [5.41, 5.74) is 7.02. The summed E-state index contributed by atoms with van der Waals surface area (Å²) in [6, 6.07) is 4.33. The van der Waals surface area contributed by atoms with Gasteiger partial charge in [0, 0.05) is 18.6 Å². The summed E-state index contributed by atoms with van der Waals surface area (Å²) in [7, 11) is 0. The molecule has 0 bridgehead atoms. The van der Waals surface area contributed by atoms with Crippen molar-refractivity contribution in [2.45, 2.75) is 46.1 Å². The van der Waals surface area contributed by atoms with Crippen LogP contribution >= 0.6 is 0 Å². The van der Waals surface area contributed by atoms with Gasteiger partial charge in [-0.05, 0) is 55.9 Å². The van der Waals surface area contributed by atoms with Crippen LogP contribution in [0.5, 0.6) is 0 Å². The van der Waals surface area contributed by atoms with Crippen LogP contribution in [0.25, 0.3) is 5.57 Å². The molecule has 2 aliphatic rings. The third-order valence-electron chi connectivity index (χ3n) is 4.20. The number of hydrogen-bond donors (Lipinski definition) is 0. The summed E-state index contributed by atoms with van der Waals surface area (Å²) in [6.07, 6.45) is 2.64. The Bertz CT molecular complexity index is 558. The summed E-state index contributed by atoms with van der Waals surface area (Å²) in [5, 5.41) is 0. The normalized spacial score (nSPS) is 22.9. The molecule has 0 radical (unpaired) electrons. The SMILES string of the molecule is Cc1cc(C)c(C2=C3CCCOC3CC2=O)c(C)c1. The average molecular weight is 256 g/mol. The number of hydrogen-bond acceptors (Lipinski definition) is 2. The Balaban J connectivity index is 2.18. The molecule has 1 unspecified atom stereocenters. The lowest BCUT2D eigenvalue weighted by molar-refractivity contribution is -0.114. The maximum absolute atomic E-state index is 12.4. The van der Waals surface area contributed by atoms with E-state index in [1.807, 2.05) is 0 Å². The molecule has 1 aliphatic heterocycles. The van der Waals surface area contributed by atoms with Gasteiger partial charge in [0.15, 0.2) is 5.78 Å². The van der Waals surface area contributed by atoms with E-state index in [2.05, 4.69) is 32.9 Å². The molecule has 0 amide bonds. The zero-order valence-corrected chi connectivity index (χ0v) is 11.9. The molecule has 1 saturated heterocycles. The predicted molar refractivity (Wildman–Crippen MR) is 76.2 cm³/mol. The minimum absolute atomic E-state index is 0.0522. The van der Waals surface area contributed by atoms with Crippen molar-refractivity contribution in [3.63, 3.8) is 0 Å². The van der Waals surface area contributed by atoms with Crippen LogP contribution in [0.4, 0.5) is 0 Å². The molecule has 0 saturated carbocycles. The Morgan fingerprint density at radius 3 is 2.53 bits per heavy atom. The summed E-state index contributed by atoms with van der Waals surface area (Å²) in [4.78, 5) is 12.4. The van der Waals surface area contributed by atoms with Gasteiger partial charge in [-0.25, -0.2) is 0 Å². The number of carbonyl (C=O) groups is 1. The largest absolute Gasteiger partial charge is 0.373 e. The number of aryl methyl sites for hydroxylation is 3. The molecule has 0 N–H and O–H groups in total. The molecule has 1 aromatic rings. The van der Waals surface area contributed by atoms with Crippen molar-refractivity contribution in [1.82, 2.24) is 0 Å². The molecule has 1 heterocycles. The van der Waals surface area contributed by atoms with E-state index in [1.165, 1.54) is 22.3 Å². The van der Waals surface area contributed by atoms with Gasteiger partial charge in [0.25, 0.3) is 0 Å². The van der Waals surface area contributed by atoms with Crippen LogP contribution in [0.1, 0.15) is 41.5 Å². The minimum Gasteiger partial charge on any atom is -0.373 e. The van der Waals surface area contributed by atoms with Crippen molar-refractivity contribution in [3.05, 3.63) is 40.0 Å². The van der Waals surface area contributed by atoms with Gasteiger partial charge in [-0.2, -0.15) is 0 Å². The second-order valence-electron chi connectivity index (χ2n) is 5.76. The smallest absolute Gasteiger partial charge is 0.166 e. The number of allylic oxidation sites excluding steroid dienone is 1. The van der Waals surface area contributed by atoms with Crippen molar-refractivity contribution in [3.8, 4) is 0 Å². The highest BCUT2D eigenvalue weighted by atomic mass is 16.5. The summed E-state index contributed by atoms with van der Waals surface area (Å²) < 4.78 is 5.75. The maximum atomic E-state index is 12.4. The van der Waals surface area contributed by atoms with Gasteiger partial charge in [-0.3, -0.25) is 4.79 Å². The highest BCUT2D eigenvalue weighted by Gasteiger charge is 2.36. The number of ether oxygens (including phenoxy) is 1. The Labute approximate surface area is 114 Å². The van der Waals surface area contributed by atoms with E-state index in [9.17, 15) is 4.79 Å². The van der Waals surface area contributed by atoms with Crippen LogP contribution in [0.2, 0.25) is 0 Å². The number of fused-ring (bicyclic) bond motifs is 1. The van der Waals surface area contributed by atoms with Crippen LogP contribution in [-0.2, 0) is 9.53 Å². The zero-order valence-electron chi connectivity index (χ0n) is 11.9. The first kappa shape index (κ1) is 12.6. The third kappa shape index (κ3) is 2.04. The Hall–Kier alpha value is -1.41. The number of benzene rings is 1. The summed E-state index contributed by atoms with van der Waals surface area (Å²) >= 11 is 0. The lowest BCUT2D eigenvalue weighted by Crippen LogP contribution is -2.19. The van der Waals surface area contributed by atoms with Gasteiger partial charge in [-0.15, -0.1) is 0 Å². The van der Waals surface area contributed by atoms with Crippen molar-refractivity contribution < 1.29 is 9.53 Å². The maximum Gasteiger partial charge on any atom is 0.166 e. The minimum atomic E-state index is 0.0522. The molecule has 100 valence electrons. The molecule has 0 aromatic heterocycles. The van der Waals surface area contributed by atoms with E-state index in [4.69, 9.17) is 4.74 Å². The van der Waals surface area contributed by atoms with Gasteiger partial charge in [0.2, 0.25) is 0 Å². The number of Topliss-reactive ketones (excluding diaryl/α,β-unsaturated/α-hetero) is 1. The molecule has 1 aromatic carbocycles. The Morgan fingerprint density at radius 1 is 1.16 bits per heavy atom. The van der Waals surface area contributed by atoms with Crippen molar-refractivity contribution in [1.29, 1.82) is 0 Å². The average Bonchev–Trinajstić information content (AvgIpc) is 2.65. The fraction of sp³-hybridized carbons (Fsp3) is 0.471. The molecule has 0 spiro atoms. The van der Waals surface area contributed by atoms with Gasteiger partial charge in [0.1, 0.15) is 0 Å². The van der Waals surface area contributed by atoms with Crippen LogP contribution in [-0.4, -0.2) is 18.5 Å². The van der Waals surface area contributed by atoms with E-state index >= 15 is 0 Å². The molecular formula is C17H20O2. The second-order valence-corrected chi connectivity index (χ2v) is 5.76. The predicted octanol–water partition coefficient (Wildman–Crippen LogP) is 3.52. The highest BCUT2D eigenvalue weighted by Crippen LogP contribution is 2.40. The van der Waals surface area contributed by atoms with Crippen LogP contribution in [0.15, 0.2) is 17.7 Å². The Morgan fingerprint density at radius 2 is 1.84 bits per heavy atom. The first-order chi connectivity index (χ1) is 9.08. The molecule has 1 aliphatic carbocycles. The van der Waals surface area contributed by atoms with Crippen molar-refractivity contribution in [2.75, 3.05) is 6.61 Å². The van der Waals surface area contributed by atoms with Crippen LogP contribution in [0.3, 0.4) is 0 Å². The third-order valence-corrected chi connectivity index (χ3v) is 4.20. The van der Waals surface area contributed by atoms with Gasteiger partial charge in [0.05, 0.1) is 6.10 Å². The van der Waals surface area contributed by atoms with Gasteiger partial charge in [-0.1, -0.05) is 17.7 Å². The van der Waals surface area contributed by atoms with E-state index < -0.39 is 0 Å². The second kappa shape index (κ2) is 4.61. The molecule has 19 heavy (non-hydrogen) atoms. The Kier molecular flexibility index (Phi) is 3.06. The fourth-order valence-corrected chi connectivity index (χ4v) is 3.54. The molecular weight excluding hydrogens is 236 g/mol. The number of carbonyl (C=O) groups excluding carboxylic acids is 1. The quantitative estimate of drug-likeness (QED) is 0.768. The van der Waals surface area contributed by atoms with Gasteiger partial charge < -0.3 is 4.74 Å². The first-order valence-electron chi connectivity index (χ1n) is 7.04. The number of rotatable bonds is 1. The van der Waals surface area contributed by atoms with Crippen molar-refractivity contribution >= 4 is 11.4 Å². The molecule has 2 nitrogen and oxygen atoms in total.